The van der Waals surface area contributed by atoms with E-state index in [9.17, 15) is 14.3 Å². The third-order valence-electron chi connectivity index (χ3n) is 4.37. The Hall–Kier alpha value is -2.40. The highest BCUT2D eigenvalue weighted by Crippen LogP contribution is 2.50. The molecule has 1 aliphatic rings. The first kappa shape index (κ1) is 16.5. The van der Waals surface area contributed by atoms with Crippen LogP contribution < -0.4 is 10.1 Å². The van der Waals surface area contributed by atoms with Gasteiger partial charge in [0.1, 0.15) is 11.6 Å². The van der Waals surface area contributed by atoms with Gasteiger partial charge in [0.05, 0.1) is 13.2 Å². The molecule has 1 amide bonds. The normalized spacial score (nSPS) is 20.3. The Balaban J connectivity index is 1.55. The summed E-state index contributed by atoms with van der Waals surface area (Å²) >= 11 is 0. The molecule has 5 heteroatoms. The number of ether oxygens (including phenoxy) is 1. The van der Waals surface area contributed by atoms with Crippen molar-refractivity contribution in [2.45, 2.75) is 18.4 Å². The smallest absolute Gasteiger partial charge is 0.223 e. The zero-order chi connectivity index (χ0) is 17.1. The highest BCUT2D eigenvalue weighted by atomic mass is 19.1. The summed E-state index contributed by atoms with van der Waals surface area (Å²) in [6.07, 6.45) is -0.157. The van der Waals surface area contributed by atoms with E-state index in [4.69, 9.17) is 4.74 Å². The highest BCUT2D eigenvalue weighted by molar-refractivity contribution is 5.83. The summed E-state index contributed by atoms with van der Waals surface area (Å²) in [5.41, 5.74) is 1.48. The van der Waals surface area contributed by atoms with Crippen LogP contribution in [0.1, 0.15) is 29.6 Å². The van der Waals surface area contributed by atoms with E-state index in [1.165, 1.54) is 18.2 Å². The molecule has 1 aliphatic carbocycles. The van der Waals surface area contributed by atoms with Crippen LogP contribution in [0.3, 0.4) is 0 Å². The summed E-state index contributed by atoms with van der Waals surface area (Å²) in [6.45, 7) is 0.0669. The number of rotatable bonds is 6. The molecule has 126 valence electrons. The number of para-hydroxylation sites is 1. The van der Waals surface area contributed by atoms with Gasteiger partial charge in [-0.15, -0.1) is 0 Å². The summed E-state index contributed by atoms with van der Waals surface area (Å²) < 4.78 is 18.5. The van der Waals surface area contributed by atoms with Gasteiger partial charge in [-0.3, -0.25) is 4.79 Å². The molecule has 4 nitrogen and oxygen atoms in total. The second-order valence-corrected chi connectivity index (χ2v) is 6.01. The topological polar surface area (TPSA) is 58.6 Å². The molecule has 2 N–H and O–H groups in total. The lowest BCUT2D eigenvalue weighted by molar-refractivity contribution is -0.122. The number of methoxy groups -OCH3 is 1. The average Bonchev–Trinajstić information content (AvgIpc) is 3.40. The van der Waals surface area contributed by atoms with Crippen molar-refractivity contribution in [3.8, 4) is 5.75 Å². The predicted molar refractivity (Wildman–Crippen MR) is 88.2 cm³/mol. The number of benzene rings is 2. The molecule has 1 fully saturated rings. The van der Waals surface area contributed by atoms with Gasteiger partial charge in [-0.25, -0.2) is 4.39 Å². The van der Waals surface area contributed by atoms with E-state index in [-0.39, 0.29) is 24.3 Å². The number of carbonyl (C=O) groups excluding carboxylic acids is 1. The first-order chi connectivity index (χ1) is 11.6. The van der Waals surface area contributed by atoms with Gasteiger partial charge in [0.15, 0.2) is 0 Å². The van der Waals surface area contributed by atoms with Gasteiger partial charge in [0, 0.05) is 12.5 Å². The largest absolute Gasteiger partial charge is 0.496 e. The molecular formula is C19H20FNO3. The van der Waals surface area contributed by atoms with Gasteiger partial charge in [-0.1, -0.05) is 30.3 Å². The standard InChI is InChI=1S/C19H20FNO3/c1-24-18-8-3-2-7-14(18)15-10-16(15)19(23)21-11-17(22)12-5-4-6-13(20)9-12/h2-9,15-17,22H,10-11H2,1H3,(H,21,23)/t15-,16-,17-/m0/s1. The lowest BCUT2D eigenvalue weighted by atomic mass is 10.1. The van der Waals surface area contributed by atoms with Crippen molar-refractivity contribution in [3.63, 3.8) is 0 Å². The number of aliphatic hydroxyl groups excluding tert-OH is 1. The van der Waals surface area contributed by atoms with Crippen LogP contribution in [0.5, 0.6) is 5.75 Å². The van der Waals surface area contributed by atoms with Gasteiger partial charge in [0.25, 0.3) is 0 Å². The Bertz CT molecular complexity index is 734. The molecule has 0 saturated heterocycles. The quantitative estimate of drug-likeness (QED) is 0.857. The third kappa shape index (κ3) is 3.57. The van der Waals surface area contributed by atoms with Gasteiger partial charge in [-0.2, -0.15) is 0 Å². The molecule has 3 atom stereocenters. The number of hydrogen-bond acceptors (Lipinski definition) is 3. The number of aliphatic hydroxyl groups is 1. The van der Waals surface area contributed by atoms with E-state index in [2.05, 4.69) is 5.32 Å². The van der Waals surface area contributed by atoms with Crippen molar-refractivity contribution < 1.29 is 19.0 Å². The van der Waals surface area contributed by atoms with Crippen LogP contribution in [-0.2, 0) is 4.79 Å². The van der Waals surface area contributed by atoms with Crippen LogP contribution in [0.4, 0.5) is 4.39 Å². The fourth-order valence-corrected chi connectivity index (χ4v) is 2.96. The Morgan fingerprint density at radius 3 is 2.88 bits per heavy atom. The Labute approximate surface area is 140 Å². The zero-order valence-corrected chi connectivity index (χ0v) is 13.4. The van der Waals surface area contributed by atoms with Gasteiger partial charge in [0.2, 0.25) is 5.91 Å². The fourth-order valence-electron chi connectivity index (χ4n) is 2.96. The lowest BCUT2D eigenvalue weighted by Crippen LogP contribution is -2.30. The van der Waals surface area contributed by atoms with Gasteiger partial charge < -0.3 is 15.2 Å². The third-order valence-corrected chi connectivity index (χ3v) is 4.37. The minimum absolute atomic E-state index is 0.0669. The lowest BCUT2D eigenvalue weighted by Gasteiger charge is -2.13. The van der Waals surface area contributed by atoms with Crippen molar-refractivity contribution in [3.05, 3.63) is 65.5 Å². The van der Waals surface area contributed by atoms with E-state index >= 15 is 0 Å². The first-order valence-corrected chi connectivity index (χ1v) is 7.94. The van der Waals surface area contributed by atoms with E-state index < -0.39 is 11.9 Å². The predicted octanol–water partition coefficient (Wildman–Crippen LogP) is 2.79. The maximum absolute atomic E-state index is 13.2. The molecule has 0 heterocycles. The second-order valence-electron chi connectivity index (χ2n) is 6.01. The molecule has 1 saturated carbocycles. The molecule has 0 aromatic heterocycles. The molecule has 0 spiro atoms. The van der Waals surface area contributed by atoms with Crippen LogP contribution in [0, 0.1) is 11.7 Å². The number of halogens is 1. The molecule has 0 aliphatic heterocycles. The van der Waals surface area contributed by atoms with E-state index in [1.807, 2.05) is 24.3 Å². The van der Waals surface area contributed by atoms with Crippen LogP contribution in [0.2, 0.25) is 0 Å². The Morgan fingerprint density at radius 1 is 1.33 bits per heavy atom. The average molecular weight is 329 g/mol. The van der Waals surface area contributed by atoms with Crippen molar-refractivity contribution in [1.82, 2.24) is 5.32 Å². The maximum atomic E-state index is 13.2. The molecular weight excluding hydrogens is 309 g/mol. The van der Waals surface area contributed by atoms with Gasteiger partial charge in [-0.05, 0) is 41.7 Å². The molecule has 24 heavy (non-hydrogen) atoms. The number of hydrogen-bond donors (Lipinski definition) is 2. The second kappa shape index (κ2) is 7.01. The number of carbonyl (C=O) groups is 1. The van der Waals surface area contributed by atoms with Crippen LogP contribution in [-0.4, -0.2) is 24.7 Å². The summed E-state index contributed by atoms with van der Waals surface area (Å²) in [5, 5.41) is 12.8. The first-order valence-electron chi connectivity index (χ1n) is 7.94. The Kier molecular flexibility index (Phi) is 4.81. The van der Waals surface area contributed by atoms with Gasteiger partial charge >= 0.3 is 0 Å². The van der Waals surface area contributed by atoms with Crippen molar-refractivity contribution in [1.29, 1.82) is 0 Å². The van der Waals surface area contributed by atoms with E-state index in [1.54, 1.807) is 13.2 Å². The minimum Gasteiger partial charge on any atom is -0.496 e. The number of amides is 1. The van der Waals surface area contributed by atoms with Crippen LogP contribution in [0.25, 0.3) is 0 Å². The van der Waals surface area contributed by atoms with E-state index in [0.29, 0.717) is 5.56 Å². The summed E-state index contributed by atoms with van der Waals surface area (Å²) in [5.74, 6) is 0.323. The van der Waals surface area contributed by atoms with Crippen molar-refractivity contribution in [2.75, 3.05) is 13.7 Å². The molecule has 3 rings (SSSR count). The summed E-state index contributed by atoms with van der Waals surface area (Å²) in [4.78, 5) is 12.3. The number of nitrogens with one attached hydrogen (secondary N) is 1. The zero-order valence-electron chi connectivity index (χ0n) is 13.4. The molecule has 2 aromatic carbocycles. The highest BCUT2D eigenvalue weighted by Gasteiger charge is 2.45. The summed E-state index contributed by atoms with van der Waals surface area (Å²) in [7, 11) is 1.62. The SMILES string of the molecule is COc1ccccc1[C@@H]1C[C@@H]1C(=O)NC[C@H](O)c1cccc(F)c1. The Morgan fingerprint density at radius 2 is 2.12 bits per heavy atom. The van der Waals surface area contributed by atoms with Crippen LogP contribution in [0.15, 0.2) is 48.5 Å². The maximum Gasteiger partial charge on any atom is 0.223 e. The molecule has 0 bridgehead atoms. The molecule has 0 unspecified atom stereocenters. The molecule has 0 radical (unpaired) electrons. The monoisotopic (exact) mass is 329 g/mol. The summed E-state index contributed by atoms with van der Waals surface area (Å²) in [6, 6.07) is 13.4. The fraction of sp³-hybridized carbons (Fsp3) is 0.316. The van der Waals surface area contributed by atoms with Crippen molar-refractivity contribution >= 4 is 5.91 Å². The van der Waals surface area contributed by atoms with E-state index in [0.717, 1.165) is 17.7 Å². The minimum atomic E-state index is -0.923. The van der Waals surface area contributed by atoms with Crippen molar-refractivity contribution in [2.24, 2.45) is 5.92 Å². The molecule has 2 aromatic rings. The van der Waals surface area contributed by atoms with Crippen LogP contribution >= 0.6 is 0 Å².